The van der Waals surface area contributed by atoms with Crippen molar-refractivity contribution >= 4 is 29.9 Å². The molecule has 1 aliphatic heterocycles. The lowest BCUT2D eigenvalue weighted by Crippen LogP contribution is -2.41. The molecule has 0 amide bonds. The Hall–Kier alpha value is -1.04. The van der Waals surface area contributed by atoms with Gasteiger partial charge in [0.1, 0.15) is 0 Å². The first-order chi connectivity index (χ1) is 13.8. The van der Waals surface area contributed by atoms with E-state index >= 15 is 0 Å². The predicted molar refractivity (Wildman–Crippen MR) is 123 cm³/mol. The van der Waals surface area contributed by atoms with Crippen LogP contribution in [-0.4, -0.2) is 55.4 Å². The molecular formula is C20H35F3IN5O. The van der Waals surface area contributed by atoms with Crippen LogP contribution in [0.1, 0.15) is 63.3 Å². The van der Waals surface area contributed by atoms with Gasteiger partial charge in [-0.2, -0.15) is 13.2 Å². The summed E-state index contributed by atoms with van der Waals surface area (Å²) >= 11 is 0. The first-order valence-electron chi connectivity index (χ1n) is 10.5. The summed E-state index contributed by atoms with van der Waals surface area (Å²) in [5, 5.41) is 10.7. The second-order valence-electron chi connectivity index (χ2n) is 7.71. The Bertz CT molecular complexity index is 626. The van der Waals surface area contributed by atoms with Gasteiger partial charge in [0.05, 0.1) is 18.8 Å². The Balaban J connectivity index is 0.00000450. The van der Waals surface area contributed by atoms with Crippen molar-refractivity contribution in [1.82, 2.24) is 20.7 Å². The van der Waals surface area contributed by atoms with E-state index in [1.165, 1.54) is 4.90 Å². The zero-order chi connectivity index (χ0) is 21.3. The maximum atomic E-state index is 12.5. The minimum absolute atomic E-state index is 0. The molecule has 1 saturated heterocycles. The average Bonchev–Trinajstić information content (AvgIpc) is 3.14. The van der Waals surface area contributed by atoms with Crippen LogP contribution in [0, 0.1) is 5.92 Å². The van der Waals surface area contributed by atoms with Gasteiger partial charge in [-0.15, -0.1) is 24.0 Å². The summed E-state index contributed by atoms with van der Waals surface area (Å²) in [6.45, 7) is 5.76. The molecule has 2 N–H and O–H groups in total. The maximum absolute atomic E-state index is 12.5. The average molecular weight is 545 g/mol. The van der Waals surface area contributed by atoms with Gasteiger partial charge in [0.2, 0.25) is 0 Å². The summed E-state index contributed by atoms with van der Waals surface area (Å²) in [6, 6.07) is 1.99. The highest BCUT2D eigenvalue weighted by molar-refractivity contribution is 14.0. The number of halogens is 4. The van der Waals surface area contributed by atoms with Gasteiger partial charge in [-0.3, -0.25) is 9.89 Å². The maximum Gasteiger partial charge on any atom is 0.401 e. The Labute approximate surface area is 194 Å². The monoisotopic (exact) mass is 545 g/mol. The molecule has 0 aliphatic carbocycles. The summed E-state index contributed by atoms with van der Waals surface area (Å²) in [4.78, 5) is 5.71. The largest absolute Gasteiger partial charge is 0.401 e. The van der Waals surface area contributed by atoms with Gasteiger partial charge >= 0.3 is 6.18 Å². The Kier molecular flexibility index (Phi) is 12.0. The number of nitrogens with one attached hydrogen (secondary N) is 2. The highest BCUT2D eigenvalue weighted by Gasteiger charge is 2.32. The van der Waals surface area contributed by atoms with E-state index in [4.69, 9.17) is 4.52 Å². The minimum atomic E-state index is -4.11. The van der Waals surface area contributed by atoms with Gasteiger partial charge in [-0.05, 0) is 51.1 Å². The third-order valence-electron chi connectivity index (χ3n) is 5.59. The first kappa shape index (κ1) is 27.0. The minimum Gasteiger partial charge on any atom is -0.359 e. The molecule has 0 saturated carbocycles. The van der Waals surface area contributed by atoms with Crippen molar-refractivity contribution < 1.29 is 17.7 Å². The summed E-state index contributed by atoms with van der Waals surface area (Å²) in [6.07, 6.45) is 0.496. The van der Waals surface area contributed by atoms with Crippen molar-refractivity contribution in [2.24, 2.45) is 10.9 Å². The van der Waals surface area contributed by atoms with E-state index in [9.17, 15) is 13.2 Å². The molecule has 0 aromatic carbocycles. The van der Waals surface area contributed by atoms with Gasteiger partial charge in [-0.25, -0.2) is 0 Å². The highest BCUT2D eigenvalue weighted by atomic mass is 127. The molecule has 0 bridgehead atoms. The number of hydrogen-bond donors (Lipinski definition) is 2. The number of aromatic nitrogens is 1. The lowest BCUT2D eigenvalue weighted by atomic mass is 9.93. The van der Waals surface area contributed by atoms with Crippen LogP contribution in [0.15, 0.2) is 15.6 Å². The van der Waals surface area contributed by atoms with E-state index in [2.05, 4.69) is 34.6 Å². The molecule has 0 spiro atoms. The van der Waals surface area contributed by atoms with Crippen molar-refractivity contribution in [2.45, 2.75) is 64.6 Å². The third kappa shape index (κ3) is 9.40. The fourth-order valence-electron chi connectivity index (χ4n) is 3.78. The molecule has 174 valence electrons. The summed E-state index contributed by atoms with van der Waals surface area (Å²) in [5.41, 5.74) is 0.992. The van der Waals surface area contributed by atoms with Gasteiger partial charge in [-0.1, -0.05) is 19.0 Å². The number of hydrogen-bond acceptors (Lipinski definition) is 4. The van der Waals surface area contributed by atoms with Gasteiger partial charge in [0.15, 0.2) is 11.7 Å². The van der Waals surface area contributed by atoms with Crippen LogP contribution in [0.3, 0.4) is 0 Å². The van der Waals surface area contributed by atoms with Crippen LogP contribution < -0.4 is 10.6 Å². The fraction of sp³-hybridized carbons (Fsp3) is 0.800. The van der Waals surface area contributed by atoms with Crippen molar-refractivity contribution in [3.05, 3.63) is 17.5 Å². The Morgan fingerprint density at radius 2 is 1.93 bits per heavy atom. The normalized spacial score (nSPS) is 16.6. The lowest BCUT2D eigenvalue weighted by Gasteiger charge is -2.32. The molecule has 0 unspecified atom stereocenters. The van der Waals surface area contributed by atoms with Gasteiger partial charge in [0.25, 0.3) is 0 Å². The van der Waals surface area contributed by atoms with Gasteiger partial charge in [0, 0.05) is 25.6 Å². The molecule has 1 fully saturated rings. The Morgan fingerprint density at radius 3 is 2.50 bits per heavy atom. The predicted octanol–water partition coefficient (Wildman–Crippen LogP) is 4.53. The van der Waals surface area contributed by atoms with Crippen LogP contribution in [0.2, 0.25) is 0 Å². The van der Waals surface area contributed by atoms with Crippen molar-refractivity contribution in [3.63, 3.8) is 0 Å². The van der Waals surface area contributed by atoms with Crippen LogP contribution in [0.4, 0.5) is 13.2 Å². The van der Waals surface area contributed by atoms with E-state index < -0.39 is 12.7 Å². The van der Waals surface area contributed by atoms with Crippen molar-refractivity contribution in [1.29, 1.82) is 0 Å². The van der Waals surface area contributed by atoms with Crippen molar-refractivity contribution in [2.75, 3.05) is 33.2 Å². The molecule has 1 aromatic heterocycles. The molecule has 1 aromatic rings. The standard InChI is InChI=1S/C20H34F3N5O.HI/c1-4-16(5-2)18-12-17(29-27-18)13-26-19(24-3)25-9-6-15-7-10-28(11-8-15)14-20(21,22)23;/h12,15-16H,4-11,13-14H2,1-3H3,(H2,24,25,26);1H. The number of rotatable bonds is 9. The molecule has 2 heterocycles. The molecular weight excluding hydrogens is 510 g/mol. The smallest absolute Gasteiger partial charge is 0.359 e. The topological polar surface area (TPSA) is 65.7 Å². The number of piperidine rings is 1. The molecule has 0 atom stereocenters. The number of likely N-dealkylation sites (tertiary alicyclic amines) is 1. The van der Waals surface area contributed by atoms with Crippen LogP contribution in [0.5, 0.6) is 0 Å². The zero-order valence-electron chi connectivity index (χ0n) is 18.1. The van der Waals surface area contributed by atoms with E-state index in [1.807, 2.05) is 6.07 Å². The van der Waals surface area contributed by atoms with E-state index in [-0.39, 0.29) is 24.0 Å². The van der Waals surface area contributed by atoms with E-state index in [1.54, 1.807) is 7.05 Å². The lowest BCUT2D eigenvalue weighted by molar-refractivity contribution is -0.148. The quantitative estimate of drug-likeness (QED) is 0.272. The van der Waals surface area contributed by atoms with E-state index in [0.717, 1.165) is 50.1 Å². The molecule has 2 rings (SSSR count). The van der Waals surface area contributed by atoms with Crippen LogP contribution >= 0.6 is 24.0 Å². The number of aliphatic imine (C=N–C) groups is 1. The summed E-state index contributed by atoms with van der Waals surface area (Å²) < 4.78 is 42.8. The second-order valence-corrected chi connectivity index (χ2v) is 7.71. The second kappa shape index (κ2) is 13.4. The number of nitrogens with zero attached hydrogens (tertiary/aromatic N) is 3. The highest BCUT2D eigenvalue weighted by Crippen LogP contribution is 2.24. The molecule has 0 radical (unpaired) electrons. The molecule has 1 aliphatic rings. The van der Waals surface area contributed by atoms with Gasteiger partial charge < -0.3 is 15.2 Å². The SMILES string of the molecule is CCC(CC)c1cc(CNC(=NC)NCCC2CCN(CC(F)(F)F)CC2)on1.I. The number of alkyl halides is 3. The zero-order valence-corrected chi connectivity index (χ0v) is 20.4. The number of guanidine groups is 1. The molecule has 6 nitrogen and oxygen atoms in total. The first-order valence-corrected chi connectivity index (χ1v) is 10.5. The summed E-state index contributed by atoms with van der Waals surface area (Å²) in [7, 11) is 1.71. The fourth-order valence-corrected chi connectivity index (χ4v) is 3.78. The molecule has 10 heteroatoms. The Morgan fingerprint density at radius 1 is 1.27 bits per heavy atom. The van der Waals surface area contributed by atoms with E-state index in [0.29, 0.717) is 37.4 Å². The van der Waals surface area contributed by atoms with Crippen LogP contribution in [-0.2, 0) is 6.54 Å². The summed E-state index contributed by atoms with van der Waals surface area (Å²) in [5.74, 6) is 2.32. The molecule has 30 heavy (non-hydrogen) atoms. The van der Waals surface area contributed by atoms with Crippen LogP contribution in [0.25, 0.3) is 0 Å². The van der Waals surface area contributed by atoms with Crippen molar-refractivity contribution in [3.8, 4) is 0 Å². The third-order valence-corrected chi connectivity index (χ3v) is 5.59.